The first kappa shape index (κ1) is 15.7. The van der Waals surface area contributed by atoms with Crippen LogP contribution in [0.25, 0.3) is 21.0 Å². The molecule has 1 aliphatic rings. The summed E-state index contributed by atoms with van der Waals surface area (Å²) in [6.07, 6.45) is 7.10. The maximum absolute atomic E-state index is 6.26. The molecule has 1 aliphatic carbocycles. The minimum Gasteiger partial charge on any atom is -0.438 e. The highest BCUT2D eigenvalue weighted by atomic mass is 32.1. The number of aryl methyl sites for hydroxylation is 2. The Balaban J connectivity index is 1.63. The fourth-order valence-corrected chi connectivity index (χ4v) is 5.14. The van der Waals surface area contributed by atoms with E-state index in [1.54, 1.807) is 17.5 Å². The molecule has 0 saturated carbocycles. The predicted molar refractivity (Wildman–Crippen MR) is 105 cm³/mol. The highest BCUT2D eigenvalue weighted by Crippen LogP contribution is 2.41. The summed E-state index contributed by atoms with van der Waals surface area (Å²) >= 11 is 1.80. The molecule has 0 N–H and O–H groups in total. The number of hydrogen-bond donors (Lipinski definition) is 0. The molecule has 0 fully saturated rings. The van der Waals surface area contributed by atoms with Gasteiger partial charge in [-0.1, -0.05) is 13.0 Å². The average molecular weight is 361 g/mol. The van der Waals surface area contributed by atoms with Crippen LogP contribution < -0.4 is 4.74 Å². The molecule has 0 bridgehead atoms. The maximum atomic E-state index is 6.26. The Hall–Kier alpha value is -2.53. The quantitative estimate of drug-likeness (QED) is 0.475. The lowest BCUT2D eigenvalue weighted by Gasteiger charge is -2.18. The van der Waals surface area contributed by atoms with Crippen LogP contribution in [0.2, 0.25) is 0 Å². The second kappa shape index (κ2) is 6.02. The number of rotatable bonds is 2. The Morgan fingerprint density at radius 2 is 2.08 bits per heavy atom. The first-order chi connectivity index (χ1) is 12.7. The molecule has 1 aromatic carbocycles. The minimum atomic E-state index is 0.683. The normalized spacial score (nSPS) is 16.8. The van der Waals surface area contributed by atoms with Crippen LogP contribution in [0.3, 0.4) is 0 Å². The van der Waals surface area contributed by atoms with Crippen LogP contribution in [0.4, 0.5) is 0 Å². The zero-order chi connectivity index (χ0) is 17.7. The number of pyridine rings is 1. The molecule has 4 nitrogen and oxygen atoms in total. The van der Waals surface area contributed by atoms with Crippen LogP contribution in [0.1, 0.15) is 29.6 Å². The van der Waals surface area contributed by atoms with Crippen molar-refractivity contribution in [3.63, 3.8) is 0 Å². The summed E-state index contributed by atoms with van der Waals surface area (Å²) < 4.78 is 6.26. The Morgan fingerprint density at radius 1 is 1.15 bits per heavy atom. The third-order valence-corrected chi connectivity index (χ3v) is 6.21. The Labute approximate surface area is 155 Å². The van der Waals surface area contributed by atoms with Gasteiger partial charge < -0.3 is 4.74 Å². The van der Waals surface area contributed by atoms with Gasteiger partial charge in [0, 0.05) is 22.7 Å². The van der Waals surface area contributed by atoms with E-state index in [-0.39, 0.29) is 0 Å². The smallest absolute Gasteiger partial charge is 0.231 e. The van der Waals surface area contributed by atoms with Gasteiger partial charge >= 0.3 is 0 Å². The van der Waals surface area contributed by atoms with Gasteiger partial charge in [0.1, 0.15) is 16.4 Å². The number of benzene rings is 1. The number of aromatic nitrogens is 3. The molecule has 5 heteroatoms. The summed E-state index contributed by atoms with van der Waals surface area (Å²) in [4.78, 5) is 16.0. The Morgan fingerprint density at radius 3 is 3.00 bits per heavy atom. The molecule has 0 radical (unpaired) electrons. The van der Waals surface area contributed by atoms with Crippen molar-refractivity contribution in [1.29, 1.82) is 0 Å². The largest absolute Gasteiger partial charge is 0.438 e. The molecule has 0 spiro atoms. The minimum absolute atomic E-state index is 0.683. The van der Waals surface area contributed by atoms with E-state index in [2.05, 4.69) is 27.9 Å². The topological polar surface area (TPSA) is 47.9 Å². The van der Waals surface area contributed by atoms with Crippen molar-refractivity contribution in [2.24, 2.45) is 5.92 Å². The molecule has 1 unspecified atom stereocenters. The molecule has 4 aromatic rings. The molecule has 0 aliphatic heterocycles. The second-order valence-electron chi connectivity index (χ2n) is 7.09. The summed E-state index contributed by atoms with van der Waals surface area (Å²) in [6.45, 7) is 4.25. The fraction of sp³-hybridized carbons (Fsp3) is 0.286. The molecule has 130 valence electrons. The third-order valence-electron chi connectivity index (χ3n) is 5.06. The summed E-state index contributed by atoms with van der Waals surface area (Å²) in [7, 11) is 0. The van der Waals surface area contributed by atoms with Crippen molar-refractivity contribution in [3.8, 4) is 11.6 Å². The molecule has 0 amide bonds. The lowest BCUT2D eigenvalue weighted by Crippen LogP contribution is -2.08. The van der Waals surface area contributed by atoms with Gasteiger partial charge in [-0.3, -0.25) is 4.98 Å². The van der Waals surface area contributed by atoms with Gasteiger partial charge in [0.2, 0.25) is 5.88 Å². The number of nitrogens with zero attached hydrogens (tertiary/aromatic N) is 3. The summed E-state index contributed by atoms with van der Waals surface area (Å²) in [5.74, 6) is 2.96. The molecular formula is C21H19N3OS. The van der Waals surface area contributed by atoms with Gasteiger partial charge in [-0.05, 0) is 61.3 Å². The van der Waals surface area contributed by atoms with Gasteiger partial charge in [0.15, 0.2) is 0 Å². The van der Waals surface area contributed by atoms with Crippen molar-refractivity contribution in [2.45, 2.75) is 33.1 Å². The molecular weight excluding hydrogens is 342 g/mol. The number of thiophene rings is 1. The molecule has 26 heavy (non-hydrogen) atoms. The summed E-state index contributed by atoms with van der Waals surface area (Å²) in [5, 5.41) is 3.32. The Kier molecular flexibility index (Phi) is 3.64. The van der Waals surface area contributed by atoms with Gasteiger partial charge in [-0.25, -0.2) is 4.98 Å². The molecule has 3 heterocycles. The van der Waals surface area contributed by atoms with Gasteiger partial charge in [0.05, 0.1) is 5.39 Å². The first-order valence-corrected chi connectivity index (χ1v) is 9.79. The van der Waals surface area contributed by atoms with Gasteiger partial charge in [-0.15, -0.1) is 11.3 Å². The van der Waals surface area contributed by atoms with Crippen molar-refractivity contribution in [3.05, 3.63) is 52.9 Å². The summed E-state index contributed by atoms with van der Waals surface area (Å²) in [6, 6.07) is 8.07. The van der Waals surface area contributed by atoms with Crippen LogP contribution in [-0.2, 0) is 12.8 Å². The number of hydrogen-bond acceptors (Lipinski definition) is 5. The van der Waals surface area contributed by atoms with Gasteiger partial charge in [0.25, 0.3) is 0 Å². The SMILES string of the molecule is Cc1nc(Oc2ccc3ccncc3c2)c2c3c(sc2n1)CC(C)CC3. The first-order valence-electron chi connectivity index (χ1n) is 8.98. The van der Waals surface area contributed by atoms with E-state index >= 15 is 0 Å². The second-order valence-corrected chi connectivity index (χ2v) is 8.18. The van der Waals surface area contributed by atoms with E-state index in [1.165, 1.54) is 16.9 Å². The van der Waals surface area contributed by atoms with E-state index in [4.69, 9.17) is 4.74 Å². The highest BCUT2D eigenvalue weighted by molar-refractivity contribution is 7.18. The predicted octanol–water partition coefficient (Wildman–Crippen LogP) is 5.47. The van der Waals surface area contributed by atoms with Crippen LogP contribution in [-0.4, -0.2) is 15.0 Å². The standard InChI is InChI=1S/C21H19N3OS/c1-12-3-6-17-18(9-12)26-21-19(17)20(23-13(2)24-21)25-16-5-4-14-7-8-22-11-15(14)10-16/h4-5,7-8,10-12H,3,6,9H2,1-2H3. The van der Waals surface area contributed by atoms with E-state index in [1.807, 2.05) is 31.3 Å². The van der Waals surface area contributed by atoms with E-state index in [0.29, 0.717) is 5.88 Å². The monoisotopic (exact) mass is 361 g/mol. The zero-order valence-corrected chi connectivity index (χ0v) is 15.6. The highest BCUT2D eigenvalue weighted by Gasteiger charge is 2.24. The third kappa shape index (κ3) is 2.63. The number of ether oxygens (including phenoxy) is 1. The molecule has 1 atom stereocenters. The van der Waals surface area contributed by atoms with Crippen molar-refractivity contribution in [1.82, 2.24) is 15.0 Å². The van der Waals surface area contributed by atoms with E-state index in [9.17, 15) is 0 Å². The summed E-state index contributed by atoms with van der Waals surface area (Å²) in [5.41, 5.74) is 1.39. The lowest BCUT2D eigenvalue weighted by atomic mass is 9.89. The molecule has 3 aromatic heterocycles. The van der Waals surface area contributed by atoms with Crippen molar-refractivity contribution >= 4 is 32.3 Å². The van der Waals surface area contributed by atoms with Gasteiger partial charge in [-0.2, -0.15) is 4.98 Å². The number of fused-ring (bicyclic) bond motifs is 4. The lowest BCUT2D eigenvalue weighted by molar-refractivity contribution is 0.465. The van der Waals surface area contributed by atoms with Crippen molar-refractivity contribution < 1.29 is 4.74 Å². The van der Waals surface area contributed by atoms with Crippen LogP contribution in [0, 0.1) is 12.8 Å². The van der Waals surface area contributed by atoms with Crippen LogP contribution in [0.15, 0.2) is 36.7 Å². The zero-order valence-electron chi connectivity index (χ0n) is 14.8. The van der Waals surface area contributed by atoms with E-state index in [0.717, 1.165) is 51.3 Å². The molecule has 5 rings (SSSR count). The fourth-order valence-electron chi connectivity index (χ4n) is 3.72. The molecule has 0 saturated heterocycles. The maximum Gasteiger partial charge on any atom is 0.231 e. The van der Waals surface area contributed by atoms with Crippen molar-refractivity contribution in [2.75, 3.05) is 0 Å². The van der Waals surface area contributed by atoms with E-state index < -0.39 is 0 Å². The van der Waals surface area contributed by atoms with Crippen LogP contribution in [0.5, 0.6) is 11.6 Å². The van der Waals surface area contributed by atoms with Crippen LogP contribution >= 0.6 is 11.3 Å². The average Bonchev–Trinajstić information content (AvgIpc) is 2.98. The Bertz CT molecular complexity index is 1130.